The molecule has 0 aliphatic carbocycles. The first kappa shape index (κ1) is 9.71. The van der Waals surface area contributed by atoms with Crippen LogP contribution in [0.1, 0.15) is 21.7 Å². The van der Waals surface area contributed by atoms with Crippen molar-refractivity contribution < 1.29 is 4.79 Å². The first-order valence-electron chi connectivity index (χ1n) is 4.98. The van der Waals surface area contributed by atoms with E-state index in [1.165, 1.54) is 0 Å². The smallest absolute Gasteiger partial charge is 0.168 e. The summed E-state index contributed by atoms with van der Waals surface area (Å²) in [6.45, 7) is 1.98. The molecule has 2 rings (SSSR count). The Morgan fingerprint density at radius 3 is 2.47 bits per heavy atom. The lowest BCUT2D eigenvalue weighted by atomic mass is 10.1. The molecule has 0 spiro atoms. The molecular formula is C13H13NO. The Morgan fingerprint density at radius 1 is 1.13 bits per heavy atom. The van der Waals surface area contributed by atoms with Gasteiger partial charge in [0.25, 0.3) is 0 Å². The van der Waals surface area contributed by atoms with Crippen molar-refractivity contribution in [1.82, 2.24) is 4.98 Å². The molecule has 0 bridgehead atoms. The highest BCUT2D eigenvalue weighted by Gasteiger charge is 2.06. The number of aromatic amines is 1. The molecule has 2 heteroatoms. The van der Waals surface area contributed by atoms with Gasteiger partial charge in [-0.25, -0.2) is 0 Å². The predicted octanol–water partition coefficient (Wildman–Crippen LogP) is 2.75. The Morgan fingerprint density at radius 2 is 1.87 bits per heavy atom. The van der Waals surface area contributed by atoms with Crippen LogP contribution in [-0.2, 0) is 6.42 Å². The molecule has 0 amide bonds. The second-order valence-electron chi connectivity index (χ2n) is 3.63. The monoisotopic (exact) mass is 199 g/mol. The maximum atomic E-state index is 11.8. The first-order valence-corrected chi connectivity index (χ1v) is 4.98. The fourth-order valence-electron chi connectivity index (χ4n) is 1.56. The molecule has 1 heterocycles. The van der Waals surface area contributed by atoms with Crippen LogP contribution in [0.4, 0.5) is 0 Å². The van der Waals surface area contributed by atoms with E-state index in [0.717, 1.165) is 17.0 Å². The fourth-order valence-corrected chi connectivity index (χ4v) is 1.56. The molecule has 15 heavy (non-hydrogen) atoms. The van der Waals surface area contributed by atoms with E-state index in [9.17, 15) is 4.79 Å². The van der Waals surface area contributed by atoms with Crippen molar-refractivity contribution in [2.75, 3.05) is 0 Å². The number of hydrogen-bond donors (Lipinski definition) is 1. The summed E-state index contributed by atoms with van der Waals surface area (Å²) < 4.78 is 0. The maximum Gasteiger partial charge on any atom is 0.168 e. The van der Waals surface area contributed by atoms with Gasteiger partial charge in [0, 0.05) is 17.0 Å². The summed E-state index contributed by atoms with van der Waals surface area (Å²) in [6, 6.07) is 13.3. The van der Waals surface area contributed by atoms with Crippen molar-refractivity contribution in [2.24, 2.45) is 0 Å². The Bertz CT molecular complexity index is 456. The summed E-state index contributed by atoms with van der Waals surface area (Å²) in [6.07, 6.45) is 0.442. The number of carbonyl (C=O) groups excluding carboxylic acids is 1. The molecule has 0 aliphatic heterocycles. The molecule has 0 atom stereocenters. The van der Waals surface area contributed by atoms with Gasteiger partial charge in [-0.1, -0.05) is 30.3 Å². The topological polar surface area (TPSA) is 32.9 Å². The van der Waals surface area contributed by atoms with E-state index >= 15 is 0 Å². The molecule has 0 fully saturated rings. The van der Waals surface area contributed by atoms with E-state index in [4.69, 9.17) is 0 Å². The van der Waals surface area contributed by atoms with Crippen LogP contribution < -0.4 is 0 Å². The van der Waals surface area contributed by atoms with Crippen LogP contribution in [0.3, 0.4) is 0 Å². The molecule has 0 saturated heterocycles. The van der Waals surface area contributed by atoms with Gasteiger partial charge in [0.1, 0.15) is 0 Å². The van der Waals surface area contributed by atoms with Gasteiger partial charge in [0.15, 0.2) is 5.78 Å². The molecule has 2 aromatic rings. The maximum absolute atomic E-state index is 11.8. The first-order chi connectivity index (χ1) is 7.25. The Balaban J connectivity index is 2.11. The lowest BCUT2D eigenvalue weighted by molar-refractivity contribution is 0.0992. The zero-order valence-corrected chi connectivity index (χ0v) is 8.66. The van der Waals surface area contributed by atoms with Gasteiger partial charge in [-0.2, -0.15) is 0 Å². The van der Waals surface area contributed by atoms with Crippen LogP contribution >= 0.6 is 0 Å². The van der Waals surface area contributed by atoms with Crippen LogP contribution in [0.15, 0.2) is 42.5 Å². The highest BCUT2D eigenvalue weighted by Crippen LogP contribution is 2.07. The van der Waals surface area contributed by atoms with Crippen LogP contribution in [0.25, 0.3) is 0 Å². The third-order valence-electron chi connectivity index (χ3n) is 2.34. The molecule has 0 radical (unpaired) electrons. The van der Waals surface area contributed by atoms with Gasteiger partial charge in [0.2, 0.25) is 0 Å². The lowest BCUT2D eigenvalue weighted by Gasteiger charge is -1.98. The highest BCUT2D eigenvalue weighted by atomic mass is 16.1. The number of aryl methyl sites for hydroxylation is 1. The van der Waals surface area contributed by atoms with Gasteiger partial charge in [-0.3, -0.25) is 4.79 Å². The average molecular weight is 199 g/mol. The number of aromatic nitrogens is 1. The number of carbonyl (C=O) groups is 1. The second kappa shape index (κ2) is 4.13. The molecule has 0 unspecified atom stereocenters. The van der Waals surface area contributed by atoms with Crippen molar-refractivity contribution in [3.8, 4) is 0 Å². The van der Waals surface area contributed by atoms with Gasteiger partial charge in [0.05, 0.1) is 6.42 Å². The number of ketones is 1. The molecule has 76 valence electrons. The number of rotatable bonds is 3. The molecule has 1 aromatic carbocycles. The van der Waals surface area contributed by atoms with Crippen molar-refractivity contribution in [2.45, 2.75) is 13.3 Å². The van der Waals surface area contributed by atoms with E-state index in [2.05, 4.69) is 4.98 Å². The second-order valence-corrected chi connectivity index (χ2v) is 3.63. The molecule has 0 aliphatic rings. The van der Waals surface area contributed by atoms with Crippen LogP contribution in [-0.4, -0.2) is 10.8 Å². The molecule has 0 saturated carbocycles. The summed E-state index contributed by atoms with van der Waals surface area (Å²) in [5, 5.41) is 0. The van der Waals surface area contributed by atoms with Crippen LogP contribution in [0.5, 0.6) is 0 Å². The molecular weight excluding hydrogens is 186 g/mol. The van der Waals surface area contributed by atoms with E-state index in [1.54, 1.807) is 0 Å². The van der Waals surface area contributed by atoms with E-state index < -0.39 is 0 Å². The molecule has 2 nitrogen and oxygen atoms in total. The minimum Gasteiger partial charge on any atom is -0.362 e. The number of H-pyrrole nitrogens is 1. The highest BCUT2D eigenvalue weighted by molar-refractivity contribution is 5.97. The van der Waals surface area contributed by atoms with Crippen molar-refractivity contribution >= 4 is 5.78 Å². The Hall–Kier alpha value is -1.83. The van der Waals surface area contributed by atoms with Crippen molar-refractivity contribution in [3.63, 3.8) is 0 Å². The van der Waals surface area contributed by atoms with Gasteiger partial charge < -0.3 is 4.98 Å². The third-order valence-corrected chi connectivity index (χ3v) is 2.34. The SMILES string of the molecule is Cc1ccc(CC(=O)c2ccccc2)[nH]1. The third kappa shape index (κ3) is 2.34. The van der Waals surface area contributed by atoms with Crippen molar-refractivity contribution in [3.05, 3.63) is 59.4 Å². The number of Topliss-reactive ketones (excluding diaryl/α,β-unsaturated/α-hetero) is 1. The standard InChI is InChI=1S/C13H13NO/c1-10-7-8-12(14-10)9-13(15)11-5-3-2-4-6-11/h2-8,14H,9H2,1H3. The minimum absolute atomic E-state index is 0.150. The lowest BCUT2D eigenvalue weighted by Crippen LogP contribution is -2.03. The van der Waals surface area contributed by atoms with Crippen LogP contribution in [0.2, 0.25) is 0 Å². The largest absolute Gasteiger partial charge is 0.362 e. The van der Waals surface area contributed by atoms with E-state index in [-0.39, 0.29) is 5.78 Å². The Kier molecular flexibility index (Phi) is 2.68. The van der Waals surface area contributed by atoms with Crippen LogP contribution in [0, 0.1) is 6.92 Å². The minimum atomic E-state index is 0.150. The molecule has 1 aromatic heterocycles. The van der Waals surface area contributed by atoms with Gasteiger partial charge in [-0.15, -0.1) is 0 Å². The zero-order chi connectivity index (χ0) is 10.7. The van der Waals surface area contributed by atoms with E-state index in [0.29, 0.717) is 6.42 Å². The quantitative estimate of drug-likeness (QED) is 0.757. The predicted molar refractivity (Wildman–Crippen MR) is 60.0 cm³/mol. The van der Waals surface area contributed by atoms with Gasteiger partial charge in [-0.05, 0) is 19.1 Å². The summed E-state index contributed by atoms with van der Waals surface area (Å²) in [5.74, 6) is 0.150. The number of benzene rings is 1. The van der Waals surface area contributed by atoms with E-state index in [1.807, 2.05) is 49.4 Å². The van der Waals surface area contributed by atoms with Gasteiger partial charge >= 0.3 is 0 Å². The summed E-state index contributed by atoms with van der Waals surface area (Å²) in [7, 11) is 0. The number of hydrogen-bond acceptors (Lipinski definition) is 1. The molecule has 1 N–H and O–H groups in total. The summed E-state index contributed by atoms with van der Waals surface area (Å²) in [5.41, 5.74) is 2.83. The summed E-state index contributed by atoms with van der Waals surface area (Å²) >= 11 is 0. The zero-order valence-electron chi connectivity index (χ0n) is 8.66. The normalized spacial score (nSPS) is 10.2. The Labute approximate surface area is 89.0 Å². The average Bonchev–Trinajstić information content (AvgIpc) is 2.65. The van der Waals surface area contributed by atoms with Crippen molar-refractivity contribution in [1.29, 1.82) is 0 Å². The number of nitrogens with one attached hydrogen (secondary N) is 1. The summed E-state index contributed by atoms with van der Waals surface area (Å²) in [4.78, 5) is 15.0. The fraction of sp³-hybridized carbons (Fsp3) is 0.154.